The van der Waals surface area contributed by atoms with Crippen LogP contribution in [-0.4, -0.2) is 45.9 Å². The van der Waals surface area contributed by atoms with Crippen molar-refractivity contribution in [3.8, 4) is 23.0 Å². The second kappa shape index (κ2) is 13.7. The van der Waals surface area contributed by atoms with Crippen molar-refractivity contribution in [3.63, 3.8) is 0 Å². The molecule has 9 nitrogen and oxygen atoms in total. The highest BCUT2D eigenvalue weighted by molar-refractivity contribution is 6.35. The number of rotatable bonds is 11. The summed E-state index contributed by atoms with van der Waals surface area (Å²) >= 11 is 6.38. The fourth-order valence-electron chi connectivity index (χ4n) is 3.34. The third-order valence-electron chi connectivity index (χ3n) is 5.21. The first-order valence-electron chi connectivity index (χ1n) is 11.3. The zero-order chi connectivity index (χ0) is 26.6. The lowest BCUT2D eigenvalue weighted by Crippen LogP contribution is -2.38. The molecule has 0 aromatic heterocycles. The van der Waals surface area contributed by atoms with Crippen molar-refractivity contribution in [1.82, 2.24) is 10.7 Å². The van der Waals surface area contributed by atoms with Crippen LogP contribution in [0.4, 0.5) is 0 Å². The van der Waals surface area contributed by atoms with Gasteiger partial charge in [-0.05, 0) is 47.4 Å². The van der Waals surface area contributed by atoms with E-state index in [4.69, 9.17) is 30.5 Å². The van der Waals surface area contributed by atoms with Crippen LogP contribution in [0.15, 0.2) is 65.8 Å². The van der Waals surface area contributed by atoms with E-state index in [1.807, 2.05) is 42.5 Å². The van der Waals surface area contributed by atoms with E-state index in [2.05, 4.69) is 15.8 Å². The van der Waals surface area contributed by atoms with E-state index in [1.54, 1.807) is 32.4 Å². The summed E-state index contributed by atoms with van der Waals surface area (Å²) < 4.78 is 21.7. The molecule has 2 amide bonds. The van der Waals surface area contributed by atoms with Crippen molar-refractivity contribution in [3.05, 3.63) is 82.4 Å². The number of carbonyl (C=O) groups is 2. The van der Waals surface area contributed by atoms with Crippen LogP contribution in [0.5, 0.6) is 23.0 Å². The number of halogens is 1. The van der Waals surface area contributed by atoms with Crippen LogP contribution in [-0.2, 0) is 22.6 Å². The molecule has 37 heavy (non-hydrogen) atoms. The molecule has 0 unspecified atom stereocenters. The number of hydrogen-bond donors (Lipinski definition) is 2. The third-order valence-corrected chi connectivity index (χ3v) is 5.49. The monoisotopic (exact) mass is 525 g/mol. The van der Waals surface area contributed by atoms with Gasteiger partial charge in [0.2, 0.25) is 0 Å². The third kappa shape index (κ3) is 7.88. The Balaban J connectivity index is 1.51. The summed E-state index contributed by atoms with van der Waals surface area (Å²) in [6.07, 6.45) is 1.85. The van der Waals surface area contributed by atoms with Gasteiger partial charge in [0.15, 0.2) is 23.0 Å². The number of nitrogens with zero attached hydrogens (tertiary/aromatic N) is 1. The van der Waals surface area contributed by atoms with Gasteiger partial charge in [0.05, 0.1) is 32.6 Å². The van der Waals surface area contributed by atoms with Gasteiger partial charge in [0.25, 0.3) is 0 Å². The lowest BCUT2D eigenvalue weighted by Gasteiger charge is -2.13. The molecule has 0 aliphatic rings. The topological polar surface area (TPSA) is 107 Å². The van der Waals surface area contributed by atoms with E-state index in [9.17, 15) is 9.59 Å². The molecule has 0 fully saturated rings. The highest BCUT2D eigenvalue weighted by Gasteiger charge is 2.14. The molecule has 10 heteroatoms. The van der Waals surface area contributed by atoms with Crippen LogP contribution in [0.3, 0.4) is 0 Å². The number of nitrogens with one attached hydrogen (secondary N) is 2. The maximum atomic E-state index is 12.1. The average Bonchev–Trinajstić information content (AvgIpc) is 2.92. The normalized spacial score (nSPS) is 10.6. The van der Waals surface area contributed by atoms with Gasteiger partial charge in [0, 0.05) is 6.54 Å². The van der Waals surface area contributed by atoms with Crippen molar-refractivity contribution in [2.75, 3.05) is 27.9 Å². The van der Waals surface area contributed by atoms with Crippen molar-refractivity contribution in [1.29, 1.82) is 0 Å². The van der Waals surface area contributed by atoms with Crippen molar-refractivity contribution < 1.29 is 28.5 Å². The maximum absolute atomic E-state index is 12.1. The van der Waals surface area contributed by atoms with E-state index in [0.717, 1.165) is 11.1 Å². The summed E-state index contributed by atoms with van der Waals surface area (Å²) in [6.45, 7) is 0.574. The lowest BCUT2D eigenvalue weighted by atomic mass is 10.1. The Labute approximate surface area is 220 Å². The van der Waals surface area contributed by atoms with E-state index in [0.29, 0.717) is 46.6 Å². The number of hydrazone groups is 1. The first-order valence-corrected chi connectivity index (χ1v) is 11.7. The molecule has 0 bridgehead atoms. The van der Waals surface area contributed by atoms with Gasteiger partial charge in [-0.1, -0.05) is 48.0 Å². The molecule has 0 atom stereocenters. The fraction of sp³-hybridized carbons (Fsp3) is 0.222. The smallest absolute Gasteiger partial charge is 0.329 e. The molecule has 0 spiro atoms. The summed E-state index contributed by atoms with van der Waals surface area (Å²) in [5.74, 6) is 0.293. The maximum Gasteiger partial charge on any atom is 0.329 e. The van der Waals surface area contributed by atoms with Crippen LogP contribution in [0.2, 0.25) is 5.02 Å². The molecule has 0 saturated heterocycles. The molecule has 194 valence electrons. The van der Waals surface area contributed by atoms with Crippen LogP contribution < -0.4 is 29.7 Å². The Kier molecular flexibility index (Phi) is 10.2. The Bertz CT molecular complexity index is 1250. The molecular formula is C27H28ClN3O6. The molecule has 0 heterocycles. The quantitative estimate of drug-likeness (QED) is 0.224. The van der Waals surface area contributed by atoms with Crippen molar-refractivity contribution in [2.45, 2.75) is 13.0 Å². The first kappa shape index (κ1) is 27.3. The average molecular weight is 526 g/mol. The molecule has 0 aliphatic carbocycles. The minimum absolute atomic E-state index is 0.253. The van der Waals surface area contributed by atoms with Crippen LogP contribution in [0.1, 0.15) is 16.7 Å². The van der Waals surface area contributed by atoms with Crippen LogP contribution in [0.25, 0.3) is 0 Å². The molecule has 0 saturated carbocycles. The molecule has 0 aliphatic heterocycles. The minimum atomic E-state index is -0.899. The number of benzene rings is 3. The van der Waals surface area contributed by atoms with Crippen molar-refractivity contribution in [2.24, 2.45) is 5.10 Å². The lowest BCUT2D eigenvalue weighted by molar-refractivity contribution is -0.139. The summed E-state index contributed by atoms with van der Waals surface area (Å²) in [5, 5.41) is 6.71. The predicted molar refractivity (Wildman–Crippen MR) is 141 cm³/mol. The Hall–Kier alpha value is -4.24. The number of amides is 2. The van der Waals surface area contributed by atoms with Gasteiger partial charge in [0.1, 0.15) is 6.61 Å². The van der Waals surface area contributed by atoms with Gasteiger partial charge in [-0.15, -0.1) is 0 Å². The van der Waals surface area contributed by atoms with Gasteiger partial charge in [-0.25, -0.2) is 5.43 Å². The van der Waals surface area contributed by atoms with E-state index in [1.165, 1.54) is 13.3 Å². The highest BCUT2D eigenvalue weighted by atomic mass is 35.5. The Morgan fingerprint density at radius 2 is 1.59 bits per heavy atom. The number of methoxy groups -OCH3 is 3. The first-order chi connectivity index (χ1) is 17.9. The molecule has 3 aromatic rings. The SMILES string of the molecule is COc1ccc(CCNC(=O)C(=O)N/N=C\c2cc(Cl)c(OCc3ccccc3)c(OC)c2)cc1OC. The fourth-order valence-corrected chi connectivity index (χ4v) is 3.61. The van der Waals surface area contributed by atoms with Gasteiger partial charge >= 0.3 is 11.8 Å². The summed E-state index contributed by atoms with van der Waals surface area (Å²) in [7, 11) is 4.60. The van der Waals surface area contributed by atoms with Gasteiger partial charge in [-0.3, -0.25) is 9.59 Å². The zero-order valence-electron chi connectivity index (χ0n) is 20.7. The van der Waals surface area contributed by atoms with E-state index >= 15 is 0 Å². The van der Waals surface area contributed by atoms with Crippen molar-refractivity contribution >= 4 is 29.6 Å². The predicted octanol–water partition coefficient (Wildman–Crippen LogP) is 3.75. The van der Waals surface area contributed by atoms with Gasteiger partial charge < -0.3 is 24.3 Å². The van der Waals surface area contributed by atoms with E-state index < -0.39 is 11.8 Å². The molecule has 3 aromatic carbocycles. The molecule has 2 N–H and O–H groups in total. The van der Waals surface area contributed by atoms with E-state index in [-0.39, 0.29) is 6.54 Å². The highest BCUT2D eigenvalue weighted by Crippen LogP contribution is 2.36. The molecule has 3 rings (SSSR count). The second-order valence-corrected chi connectivity index (χ2v) is 8.11. The second-order valence-electron chi connectivity index (χ2n) is 7.70. The molecular weight excluding hydrogens is 498 g/mol. The minimum Gasteiger partial charge on any atom is -0.493 e. The standard InChI is InChI=1S/C27H28ClN3O6/c1-34-22-10-9-18(14-23(22)35-2)11-12-29-26(32)27(33)31-30-16-20-13-21(28)25(24(15-20)36-3)37-17-19-7-5-4-6-8-19/h4-10,13-16H,11-12,17H2,1-3H3,(H,29,32)(H,31,33)/b30-16-. The Morgan fingerprint density at radius 3 is 2.30 bits per heavy atom. The van der Waals surface area contributed by atoms with Crippen LogP contribution >= 0.6 is 11.6 Å². The summed E-state index contributed by atoms with van der Waals surface area (Å²) in [5.41, 5.74) is 4.64. The molecule has 0 radical (unpaired) electrons. The Morgan fingerprint density at radius 1 is 0.865 bits per heavy atom. The zero-order valence-corrected chi connectivity index (χ0v) is 21.5. The number of hydrogen-bond acceptors (Lipinski definition) is 7. The van der Waals surface area contributed by atoms with Gasteiger partial charge in [-0.2, -0.15) is 5.10 Å². The summed E-state index contributed by atoms with van der Waals surface area (Å²) in [6, 6.07) is 18.4. The largest absolute Gasteiger partial charge is 0.493 e. The summed E-state index contributed by atoms with van der Waals surface area (Å²) in [4.78, 5) is 24.2. The van der Waals surface area contributed by atoms with Crippen LogP contribution in [0, 0.1) is 0 Å². The number of carbonyl (C=O) groups excluding carboxylic acids is 2. The number of ether oxygens (including phenoxy) is 4.